The Hall–Kier alpha value is -2.35. The largest absolute Gasteiger partial charge is 0.390 e. The van der Waals surface area contributed by atoms with Crippen molar-refractivity contribution in [3.63, 3.8) is 0 Å². The molecular weight excluding hydrogens is 644 g/mol. The predicted octanol–water partition coefficient (Wildman–Crippen LogP) is 3.71. The number of morpholine rings is 1. The normalized spacial score (nSPS) is 22.2. The lowest BCUT2D eigenvalue weighted by molar-refractivity contribution is -0.131. The van der Waals surface area contributed by atoms with Crippen molar-refractivity contribution in [2.75, 3.05) is 26.3 Å². The van der Waals surface area contributed by atoms with Crippen molar-refractivity contribution in [2.45, 2.75) is 122 Å². The van der Waals surface area contributed by atoms with Gasteiger partial charge in [-0.25, -0.2) is 0 Å². The third-order valence-corrected chi connectivity index (χ3v) is 11.4. The van der Waals surface area contributed by atoms with Crippen molar-refractivity contribution in [2.24, 2.45) is 23.7 Å². The first-order chi connectivity index (χ1) is 23.3. The number of carbonyl (C=O) groups is 2. The van der Waals surface area contributed by atoms with Gasteiger partial charge in [0, 0.05) is 13.1 Å². The summed E-state index contributed by atoms with van der Waals surface area (Å²) < 4.78 is 35.7. The maximum atomic E-state index is 13.9. The Morgan fingerprint density at radius 2 is 1.55 bits per heavy atom. The van der Waals surface area contributed by atoms with Crippen LogP contribution in [-0.4, -0.2) is 91.4 Å². The van der Waals surface area contributed by atoms with Gasteiger partial charge in [-0.05, 0) is 54.9 Å². The Morgan fingerprint density at radius 3 is 2.14 bits per heavy atom. The number of amides is 2. The van der Waals surface area contributed by atoms with Crippen molar-refractivity contribution in [1.29, 1.82) is 0 Å². The van der Waals surface area contributed by atoms with Crippen LogP contribution >= 0.6 is 0 Å². The SMILES string of the molecule is C=CC[C@H](NC(=O)[C@H](Cc1ccccc1)NS(=O)(=O)N1CCOCC1)C(=O)N[C@@H](CC1CCC(CCC(C)C)CC1)[C@@H](O)[C@@H](O)CC(C)C. The van der Waals surface area contributed by atoms with Crippen LogP contribution in [0.25, 0.3) is 0 Å². The third-order valence-electron chi connectivity index (χ3n) is 9.79. The summed E-state index contributed by atoms with van der Waals surface area (Å²) in [5.41, 5.74) is 0.748. The monoisotopic (exact) mass is 706 g/mol. The van der Waals surface area contributed by atoms with E-state index in [0.29, 0.717) is 30.6 Å². The number of aliphatic hydroxyl groups is 2. The molecule has 1 aromatic carbocycles. The minimum absolute atomic E-state index is 0.0707. The number of aliphatic hydroxyl groups excluding tert-OH is 2. The second-order valence-corrected chi connectivity index (χ2v) is 16.6. The summed E-state index contributed by atoms with van der Waals surface area (Å²) in [5, 5.41) is 28.0. The van der Waals surface area contributed by atoms with Gasteiger partial charge in [0.1, 0.15) is 18.2 Å². The number of rotatable bonds is 20. The molecule has 278 valence electrons. The van der Waals surface area contributed by atoms with Gasteiger partial charge in [-0.2, -0.15) is 17.4 Å². The lowest BCUT2D eigenvalue weighted by atomic mass is 9.76. The molecule has 0 radical (unpaired) electrons. The van der Waals surface area contributed by atoms with Crippen molar-refractivity contribution in [3.8, 4) is 0 Å². The molecule has 0 spiro atoms. The Bertz CT molecular complexity index is 1250. The number of hydrogen-bond donors (Lipinski definition) is 5. The highest BCUT2D eigenvalue weighted by Crippen LogP contribution is 2.35. The van der Waals surface area contributed by atoms with E-state index in [9.17, 15) is 28.2 Å². The number of nitrogens with one attached hydrogen (secondary N) is 3. The Balaban J connectivity index is 1.75. The molecule has 12 heteroatoms. The molecule has 49 heavy (non-hydrogen) atoms. The fraction of sp³-hybridized carbons (Fsp3) is 0.730. The van der Waals surface area contributed by atoms with Gasteiger partial charge in [-0.15, -0.1) is 6.58 Å². The third kappa shape index (κ3) is 14.1. The summed E-state index contributed by atoms with van der Waals surface area (Å²) in [7, 11) is -4.03. The van der Waals surface area contributed by atoms with E-state index in [1.165, 1.54) is 23.2 Å². The standard InChI is InChI=1S/C37H62N4O7S/c1-6-10-31(38-37(45)33(25-29-11-8-7-9-12-29)40-49(46,47)41-19-21-48-22-20-41)36(44)39-32(35(43)34(42)23-27(4)5)24-30-17-15-28(16-18-30)14-13-26(2)3/h6-9,11-12,26-28,30-35,40,42-43H,1,10,13-25H2,2-5H3,(H,38,45)(H,39,44)/t28?,30?,31-,32-,33-,34-,35+/m0/s1. The molecule has 1 saturated heterocycles. The molecule has 0 unspecified atom stereocenters. The zero-order valence-electron chi connectivity index (χ0n) is 30.1. The van der Waals surface area contributed by atoms with Crippen LogP contribution < -0.4 is 15.4 Å². The molecule has 0 bridgehead atoms. The minimum atomic E-state index is -4.03. The molecule has 1 aromatic rings. The van der Waals surface area contributed by atoms with E-state index in [4.69, 9.17) is 4.74 Å². The Kier molecular flexibility index (Phi) is 17.2. The molecule has 5 atom stereocenters. The van der Waals surface area contributed by atoms with Gasteiger partial charge in [-0.3, -0.25) is 9.59 Å². The molecule has 0 aromatic heterocycles. The summed E-state index contributed by atoms with van der Waals surface area (Å²) in [5.74, 6) is 0.637. The summed E-state index contributed by atoms with van der Waals surface area (Å²) >= 11 is 0. The van der Waals surface area contributed by atoms with Gasteiger partial charge in [0.2, 0.25) is 11.8 Å². The first-order valence-electron chi connectivity index (χ1n) is 18.3. The number of benzene rings is 1. The minimum Gasteiger partial charge on any atom is -0.390 e. The molecule has 1 aliphatic heterocycles. The first kappa shape index (κ1) is 41.1. The van der Waals surface area contributed by atoms with E-state index in [1.54, 1.807) is 0 Å². The molecule has 2 aliphatic rings. The van der Waals surface area contributed by atoms with E-state index in [0.717, 1.165) is 31.2 Å². The average molecular weight is 707 g/mol. The van der Waals surface area contributed by atoms with Gasteiger partial charge < -0.3 is 25.6 Å². The Labute approximate surface area is 294 Å². The highest BCUT2D eigenvalue weighted by Gasteiger charge is 2.36. The van der Waals surface area contributed by atoms with Crippen molar-refractivity contribution in [3.05, 3.63) is 48.6 Å². The summed E-state index contributed by atoms with van der Waals surface area (Å²) in [4.78, 5) is 27.7. The number of ether oxygens (including phenoxy) is 1. The zero-order chi connectivity index (χ0) is 36.0. The molecule has 2 fully saturated rings. The van der Waals surface area contributed by atoms with E-state index in [1.807, 2.05) is 44.2 Å². The molecule has 11 nitrogen and oxygen atoms in total. The summed E-state index contributed by atoms with van der Waals surface area (Å²) in [6.07, 6.45) is 7.03. The topological polar surface area (TPSA) is 157 Å². The van der Waals surface area contributed by atoms with Crippen LogP contribution in [0.4, 0.5) is 0 Å². The number of hydrogen-bond acceptors (Lipinski definition) is 7. The van der Waals surface area contributed by atoms with Crippen molar-refractivity contribution >= 4 is 22.0 Å². The summed E-state index contributed by atoms with van der Waals surface area (Å²) in [6.45, 7) is 13.1. The van der Waals surface area contributed by atoms with Crippen LogP contribution in [0.2, 0.25) is 0 Å². The van der Waals surface area contributed by atoms with Crippen molar-refractivity contribution < 1.29 is 33.0 Å². The van der Waals surface area contributed by atoms with Crippen LogP contribution in [0.3, 0.4) is 0 Å². The van der Waals surface area contributed by atoms with E-state index >= 15 is 0 Å². The van der Waals surface area contributed by atoms with Gasteiger partial charge in [-0.1, -0.05) is 103 Å². The predicted molar refractivity (Wildman–Crippen MR) is 193 cm³/mol. The maximum Gasteiger partial charge on any atom is 0.280 e. The zero-order valence-corrected chi connectivity index (χ0v) is 30.9. The molecule has 1 aliphatic carbocycles. The maximum absolute atomic E-state index is 13.9. The fourth-order valence-corrected chi connectivity index (χ4v) is 8.22. The molecule has 1 saturated carbocycles. The van der Waals surface area contributed by atoms with Crippen LogP contribution in [0.5, 0.6) is 0 Å². The molecular formula is C37H62N4O7S. The van der Waals surface area contributed by atoms with Gasteiger partial charge >= 0.3 is 0 Å². The number of carbonyl (C=O) groups excluding carboxylic acids is 2. The average Bonchev–Trinajstić information content (AvgIpc) is 3.07. The van der Waals surface area contributed by atoms with E-state index in [-0.39, 0.29) is 45.1 Å². The first-order valence-corrected chi connectivity index (χ1v) is 19.7. The van der Waals surface area contributed by atoms with Crippen LogP contribution in [0.1, 0.15) is 91.0 Å². The second kappa shape index (κ2) is 20.5. The van der Waals surface area contributed by atoms with E-state index < -0.39 is 52.4 Å². The molecule has 5 N–H and O–H groups in total. The smallest absolute Gasteiger partial charge is 0.280 e. The Morgan fingerprint density at radius 1 is 0.939 bits per heavy atom. The van der Waals surface area contributed by atoms with Crippen LogP contribution in [0.15, 0.2) is 43.0 Å². The highest BCUT2D eigenvalue weighted by atomic mass is 32.2. The number of nitrogens with zero attached hydrogens (tertiary/aromatic N) is 1. The highest BCUT2D eigenvalue weighted by molar-refractivity contribution is 7.87. The van der Waals surface area contributed by atoms with Crippen molar-refractivity contribution in [1.82, 2.24) is 19.7 Å². The van der Waals surface area contributed by atoms with Gasteiger partial charge in [0.05, 0.1) is 25.4 Å². The molecule has 2 amide bonds. The lowest BCUT2D eigenvalue weighted by Crippen LogP contribution is -2.59. The quantitative estimate of drug-likeness (QED) is 0.130. The second-order valence-electron chi connectivity index (χ2n) is 14.9. The molecule has 1 heterocycles. The van der Waals surface area contributed by atoms with Gasteiger partial charge in [0.25, 0.3) is 10.2 Å². The van der Waals surface area contributed by atoms with Crippen LogP contribution in [0, 0.1) is 23.7 Å². The fourth-order valence-electron chi connectivity index (χ4n) is 6.89. The summed E-state index contributed by atoms with van der Waals surface area (Å²) in [6, 6.07) is 6.09. The van der Waals surface area contributed by atoms with E-state index in [2.05, 4.69) is 35.8 Å². The lowest BCUT2D eigenvalue weighted by Gasteiger charge is -2.35. The molecule has 3 rings (SSSR count). The van der Waals surface area contributed by atoms with Crippen LogP contribution in [-0.2, 0) is 31.0 Å². The van der Waals surface area contributed by atoms with Gasteiger partial charge in [0.15, 0.2) is 0 Å².